The average Bonchev–Trinajstić information content (AvgIpc) is 2.89. The molecule has 0 spiro atoms. The van der Waals surface area contributed by atoms with Gasteiger partial charge in [-0.15, -0.1) is 0 Å². The fourth-order valence-corrected chi connectivity index (χ4v) is 2.98. The Kier molecular flexibility index (Phi) is 3.76. The average molecular weight is 292 g/mol. The predicted octanol–water partition coefficient (Wildman–Crippen LogP) is 0.0268. The molecule has 2 fully saturated rings. The highest BCUT2D eigenvalue weighted by molar-refractivity contribution is 5.82. The summed E-state index contributed by atoms with van der Waals surface area (Å²) in [5.41, 5.74) is 0. The molecule has 114 valence electrons. The zero-order valence-electron chi connectivity index (χ0n) is 12.3. The number of nitrogens with one attached hydrogen (secondary N) is 2. The van der Waals surface area contributed by atoms with E-state index in [9.17, 15) is 4.79 Å². The van der Waals surface area contributed by atoms with Crippen molar-refractivity contribution >= 4 is 17.8 Å². The number of fused-ring (bicyclic) bond motifs is 1. The van der Waals surface area contributed by atoms with E-state index in [1.807, 2.05) is 6.92 Å². The van der Waals surface area contributed by atoms with Gasteiger partial charge in [0.1, 0.15) is 0 Å². The monoisotopic (exact) mass is 292 g/mol. The van der Waals surface area contributed by atoms with Crippen molar-refractivity contribution in [2.75, 3.05) is 37.0 Å². The van der Waals surface area contributed by atoms with E-state index >= 15 is 0 Å². The number of carbonyl (C=O) groups is 1. The molecule has 2 unspecified atom stereocenters. The number of amides is 1. The Bertz CT molecular complexity index is 537. The summed E-state index contributed by atoms with van der Waals surface area (Å²) in [5, 5.41) is 5.85. The molecule has 1 aromatic rings. The van der Waals surface area contributed by atoms with Crippen LogP contribution in [0.1, 0.15) is 19.8 Å². The molecule has 21 heavy (non-hydrogen) atoms. The minimum Gasteiger partial charge on any atom is -0.464 e. The van der Waals surface area contributed by atoms with Gasteiger partial charge in [0.05, 0.1) is 18.6 Å². The van der Waals surface area contributed by atoms with Crippen LogP contribution in [0.4, 0.5) is 11.9 Å². The van der Waals surface area contributed by atoms with Crippen LogP contribution in [0, 0.1) is 5.92 Å². The normalized spacial score (nSPS) is 24.5. The van der Waals surface area contributed by atoms with Crippen LogP contribution in [0.15, 0.2) is 0 Å². The van der Waals surface area contributed by atoms with Crippen molar-refractivity contribution in [3.05, 3.63) is 0 Å². The van der Waals surface area contributed by atoms with Crippen LogP contribution in [-0.4, -0.2) is 53.6 Å². The molecular weight excluding hydrogens is 272 g/mol. The van der Waals surface area contributed by atoms with Crippen LogP contribution in [0.2, 0.25) is 0 Å². The smallest absolute Gasteiger partial charge is 0.323 e. The lowest BCUT2D eigenvalue weighted by Crippen LogP contribution is -2.46. The quantitative estimate of drug-likeness (QED) is 0.808. The van der Waals surface area contributed by atoms with Gasteiger partial charge in [-0.1, -0.05) is 0 Å². The topological polar surface area (TPSA) is 92.3 Å². The van der Waals surface area contributed by atoms with E-state index in [1.54, 1.807) is 7.05 Å². The first-order valence-corrected chi connectivity index (χ1v) is 7.34. The second kappa shape index (κ2) is 5.71. The maximum Gasteiger partial charge on any atom is 0.323 e. The van der Waals surface area contributed by atoms with Crippen LogP contribution in [0.3, 0.4) is 0 Å². The standard InChI is InChI=1S/C13H20N6O2/c1-3-21-13-17-11(14-2)16-12(18-13)19-6-4-5-8-9(19)7-15-10(8)20/h8-9H,3-7H2,1-2H3,(H,15,20)(H,14,16,17,18). The first kappa shape index (κ1) is 13.8. The van der Waals surface area contributed by atoms with Crippen molar-refractivity contribution < 1.29 is 9.53 Å². The van der Waals surface area contributed by atoms with Gasteiger partial charge in [-0.25, -0.2) is 0 Å². The molecule has 2 N–H and O–H groups in total. The van der Waals surface area contributed by atoms with Crippen molar-refractivity contribution in [1.29, 1.82) is 0 Å². The molecule has 3 heterocycles. The van der Waals surface area contributed by atoms with E-state index in [1.165, 1.54) is 0 Å². The third kappa shape index (κ3) is 2.57. The van der Waals surface area contributed by atoms with Gasteiger partial charge in [0.25, 0.3) is 0 Å². The zero-order valence-corrected chi connectivity index (χ0v) is 12.3. The summed E-state index contributed by atoms with van der Waals surface area (Å²) in [7, 11) is 1.76. The van der Waals surface area contributed by atoms with E-state index in [2.05, 4.69) is 30.5 Å². The van der Waals surface area contributed by atoms with E-state index in [-0.39, 0.29) is 17.9 Å². The summed E-state index contributed by atoms with van der Waals surface area (Å²) in [6.07, 6.45) is 1.88. The van der Waals surface area contributed by atoms with Gasteiger partial charge in [0, 0.05) is 20.1 Å². The van der Waals surface area contributed by atoms with Crippen LogP contribution in [-0.2, 0) is 4.79 Å². The van der Waals surface area contributed by atoms with Crippen molar-refractivity contribution in [2.45, 2.75) is 25.8 Å². The molecule has 1 amide bonds. The minimum atomic E-state index is 0.0316. The summed E-state index contributed by atoms with van der Waals surface area (Å²) in [4.78, 5) is 26.9. The number of piperidine rings is 1. The fourth-order valence-electron chi connectivity index (χ4n) is 2.98. The second-order valence-electron chi connectivity index (χ2n) is 5.18. The molecule has 3 rings (SSSR count). The Morgan fingerprint density at radius 1 is 1.43 bits per heavy atom. The molecular formula is C13H20N6O2. The fraction of sp³-hybridized carbons (Fsp3) is 0.692. The van der Waals surface area contributed by atoms with Crippen LogP contribution < -0.4 is 20.3 Å². The Balaban J connectivity index is 1.91. The molecule has 2 saturated heterocycles. The minimum absolute atomic E-state index is 0.0316. The van der Waals surface area contributed by atoms with Crippen molar-refractivity contribution in [3.63, 3.8) is 0 Å². The van der Waals surface area contributed by atoms with Crippen molar-refractivity contribution in [3.8, 4) is 6.01 Å². The lowest BCUT2D eigenvalue weighted by molar-refractivity contribution is -0.123. The molecule has 2 aliphatic heterocycles. The molecule has 0 aromatic carbocycles. The summed E-state index contributed by atoms with van der Waals surface area (Å²) < 4.78 is 5.40. The largest absolute Gasteiger partial charge is 0.464 e. The van der Waals surface area contributed by atoms with Gasteiger partial charge in [-0.05, 0) is 19.8 Å². The van der Waals surface area contributed by atoms with Gasteiger partial charge in [0.15, 0.2) is 0 Å². The maximum absolute atomic E-state index is 11.8. The molecule has 8 nitrogen and oxygen atoms in total. The maximum atomic E-state index is 11.8. The van der Waals surface area contributed by atoms with Crippen molar-refractivity contribution in [1.82, 2.24) is 20.3 Å². The molecule has 0 saturated carbocycles. The number of carbonyl (C=O) groups excluding carboxylic acids is 1. The number of rotatable bonds is 4. The molecule has 8 heteroatoms. The van der Waals surface area contributed by atoms with Crippen molar-refractivity contribution in [2.24, 2.45) is 5.92 Å². The lowest BCUT2D eigenvalue weighted by Gasteiger charge is -2.35. The van der Waals surface area contributed by atoms with Gasteiger partial charge in [-0.2, -0.15) is 15.0 Å². The van der Waals surface area contributed by atoms with Crippen LogP contribution in [0.25, 0.3) is 0 Å². The number of aromatic nitrogens is 3. The summed E-state index contributed by atoms with van der Waals surface area (Å²) in [6, 6.07) is 0.430. The van der Waals surface area contributed by atoms with Gasteiger partial charge >= 0.3 is 6.01 Å². The summed E-state index contributed by atoms with van der Waals surface area (Å²) >= 11 is 0. The van der Waals surface area contributed by atoms with Gasteiger partial charge < -0.3 is 20.3 Å². The van der Waals surface area contributed by atoms with E-state index in [4.69, 9.17) is 4.74 Å². The first-order chi connectivity index (χ1) is 10.2. The zero-order chi connectivity index (χ0) is 14.8. The second-order valence-corrected chi connectivity index (χ2v) is 5.18. The van der Waals surface area contributed by atoms with Crippen LogP contribution in [0.5, 0.6) is 6.01 Å². The first-order valence-electron chi connectivity index (χ1n) is 7.34. The molecule has 0 bridgehead atoms. The highest BCUT2D eigenvalue weighted by Crippen LogP contribution is 2.30. The number of nitrogens with zero attached hydrogens (tertiary/aromatic N) is 4. The number of ether oxygens (including phenoxy) is 1. The highest BCUT2D eigenvalue weighted by atomic mass is 16.5. The lowest BCUT2D eigenvalue weighted by atomic mass is 9.92. The third-order valence-electron chi connectivity index (χ3n) is 3.96. The van der Waals surface area contributed by atoms with E-state index < -0.39 is 0 Å². The predicted molar refractivity (Wildman–Crippen MR) is 77.4 cm³/mol. The Morgan fingerprint density at radius 3 is 3.05 bits per heavy atom. The summed E-state index contributed by atoms with van der Waals surface area (Å²) in [6.45, 7) is 3.88. The Morgan fingerprint density at radius 2 is 2.29 bits per heavy atom. The molecule has 2 atom stereocenters. The summed E-state index contributed by atoms with van der Waals surface area (Å²) in [5.74, 6) is 1.22. The molecule has 0 aliphatic carbocycles. The van der Waals surface area contributed by atoms with E-state index in [0.29, 0.717) is 31.1 Å². The number of hydrogen-bond acceptors (Lipinski definition) is 7. The molecule has 1 aromatic heterocycles. The van der Waals surface area contributed by atoms with Gasteiger partial charge in [-0.3, -0.25) is 4.79 Å². The molecule has 0 radical (unpaired) electrons. The highest BCUT2D eigenvalue weighted by Gasteiger charge is 2.41. The van der Waals surface area contributed by atoms with Crippen LogP contribution >= 0.6 is 0 Å². The number of hydrogen-bond donors (Lipinski definition) is 2. The van der Waals surface area contributed by atoms with E-state index in [0.717, 1.165) is 19.4 Å². The van der Waals surface area contributed by atoms with Gasteiger partial charge in [0.2, 0.25) is 17.8 Å². The SMILES string of the molecule is CCOc1nc(NC)nc(N2CCCC3C(=O)NCC32)n1. The Labute approximate surface area is 123 Å². The Hall–Kier alpha value is -2.12. The molecule has 2 aliphatic rings. The number of anilines is 2. The third-order valence-corrected chi connectivity index (χ3v) is 3.96.